The highest BCUT2D eigenvalue weighted by atomic mass is 16.6. The molecule has 6 nitrogen and oxygen atoms in total. The summed E-state index contributed by atoms with van der Waals surface area (Å²) in [5, 5.41) is 5.48. The van der Waals surface area contributed by atoms with E-state index in [-0.39, 0.29) is 12.1 Å². The van der Waals surface area contributed by atoms with Gasteiger partial charge >= 0.3 is 12.1 Å². The van der Waals surface area contributed by atoms with Gasteiger partial charge in [0, 0.05) is 13.1 Å². The molecular formula is C11H21N3O3. The maximum absolute atomic E-state index is 11.4. The summed E-state index contributed by atoms with van der Waals surface area (Å²) in [6.45, 7) is 7.84. The molecule has 0 aromatic rings. The fraction of sp³-hybridized carbons (Fsp3) is 0.818. The number of ether oxygens (including phenoxy) is 1. The Kier molecular flexibility index (Phi) is 4.60. The Morgan fingerprint density at radius 1 is 1.47 bits per heavy atom. The maximum atomic E-state index is 11.4. The summed E-state index contributed by atoms with van der Waals surface area (Å²) < 4.78 is 4.88. The molecule has 3 amide bonds. The van der Waals surface area contributed by atoms with Crippen LogP contribution in [0.25, 0.3) is 0 Å². The van der Waals surface area contributed by atoms with E-state index >= 15 is 0 Å². The monoisotopic (exact) mass is 243 g/mol. The number of hydrogen-bond acceptors (Lipinski definition) is 3. The van der Waals surface area contributed by atoms with Crippen LogP contribution in [0, 0.1) is 0 Å². The second-order valence-electron chi connectivity index (χ2n) is 4.69. The van der Waals surface area contributed by atoms with Crippen LogP contribution in [0.2, 0.25) is 0 Å². The lowest BCUT2D eigenvalue weighted by atomic mass is 10.0. The van der Waals surface area contributed by atoms with Crippen LogP contribution < -0.4 is 10.6 Å². The second-order valence-corrected chi connectivity index (χ2v) is 4.69. The molecule has 1 saturated heterocycles. The minimum atomic E-state index is -0.433. The quantitative estimate of drug-likeness (QED) is 0.754. The van der Waals surface area contributed by atoms with Crippen LogP contribution in [0.3, 0.4) is 0 Å². The van der Waals surface area contributed by atoms with Gasteiger partial charge in [0.25, 0.3) is 0 Å². The van der Waals surface area contributed by atoms with Crippen LogP contribution in [0.15, 0.2) is 0 Å². The molecular weight excluding hydrogens is 222 g/mol. The van der Waals surface area contributed by atoms with Gasteiger partial charge in [-0.2, -0.15) is 0 Å². The van der Waals surface area contributed by atoms with Crippen molar-refractivity contribution in [1.29, 1.82) is 0 Å². The summed E-state index contributed by atoms with van der Waals surface area (Å²) in [6.07, 6.45) is 0.584. The molecule has 6 heteroatoms. The molecule has 0 bridgehead atoms. The van der Waals surface area contributed by atoms with Crippen LogP contribution in [-0.2, 0) is 4.74 Å². The summed E-state index contributed by atoms with van der Waals surface area (Å²) in [5.74, 6) is 0. The molecule has 0 aliphatic carbocycles. The molecule has 0 aromatic heterocycles. The van der Waals surface area contributed by atoms with Gasteiger partial charge in [-0.25, -0.2) is 9.59 Å². The van der Waals surface area contributed by atoms with Crippen molar-refractivity contribution in [1.82, 2.24) is 15.5 Å². The molecule has 17 heavy (non-hydrogen) atoms. The number of cyclic esters (lactones) is 1. The van der Waals surface area contributed by atoms with Crippen LogP contribution in [0.4, 0.5) is 9.59 Å². The third-order valence-electron chi connectivity index (χ3n) is 2.71. The van der Waals surface area contributed by atoms with Crippen molar-refractivity contribution in [2.24, 2.45) is 0 Å². The van der Waals surface area contributed by atoms with Gasteiger partial charge in [-0.1, -0.05) is 6.92 Å². The van der Waals surface area contributed by atoms with Crippen molar-refractivity contribution in [2.75, 3.05) is 26.2 Å². The molecule has 0 saturated carbocycles. The Labute approximate surface area is 102 Å². The van der Waals surface area contributed by atoms with Gasteiger partial charge in [0.15, 0.2) is 0 Å². The third-order valence-corrected chi connectivity index (χ3v) is 2.71. The van der Waals surface area contributed by atoms with Gasteiger partial charge in [0.05, 0.1) is 12.1 Å². The summed E-state index contributed by atoms with van der Waals surface area (Å²) >= 11 is 0. The van der Waals surface area contributed by atoms with Crippen molar-refractivity contribution >= 4 is 12.1 Å². The Bertz CT molecular complexity index is 292. The van der Waals surface area contributed by atoms with Gasteiger partial charge in [-0.05, 0) is 20.3 Å². The highest BCUT2D eigenvalue weighted by molar-refractivity contribution is 5.74. The number of nitrogens with zero attached hydrogens (tertiary/aromatic N) is 1. The van der Waals surface area contributed by atoms with Gasteiger partial charge in [-0.3, -0.25) is 4.90 Å². The molecule has 1 fully saturated rings. The zero-order chi connectivity index (χ0) is 12.9. The van der Waals surface area contributed by atoms with Gasteiger partial charge in [0.2, 0.25) is 0 Å². The van der Waals surface area contributed by atoms with E-state index in [0.29, 0.717) is 26.2 Å². The number of carbonyl (C=O) groups is 2. The Morgan fingerprint density at radius 2 is 2.18 bits per heavy atom. The zero-order valence-electron chi connectivity index (χ0n) is 10.7. The van der Waals surface area contributed by atoms with E-state index in [0.717, 1.165) is 6.42 Å². The Hall–Kier alpha value is -1.46. The smallest absolute Gasteiger partial charge is 0.410 e. The molecule has 0 atom stereocenters. The molecule has 98 valence electrons. The molecule has 0 unspecified atom stereocenters. The summed E-state index contributed by atoms with van der Waals surface area (Å²) in [7, 11) is 0. The molecule has 1 aliphatic heterocycles. The number of amides is 3. The van der Waals surface area contributed by atoms with Crippen molar-refractivity contribution in [3.05, 3.63) is 0 Å². The lowest BCUT2D eigenvalue weighted by Crippen LogP contribution is -2.53. The average molecular weight is 243 g/mol. The van der Waals surface area contributed by atoms with E-state index in [1.807, 2.05) is 20.8 Å². The molecule has 0 spiro atoms. The van der Waals surface area contributed by atoms with Gasteiger partial charge < -0.3 is 15.4 Å². The van der Waals surface area contributed by atoms with E-state index in [4.69, 9.17) is 4.74 Å². The summed E-state index contributed by atoms with van der Waals surface area (Å²) in [4.78, 5) is 24.4. The van der Waals surface area contributed by atoms with Gasteiger partial charge in [-0.15, -0.1) is 0 Å². The lowest BCUT2D eigenvalue weighted by Gasteiger charge is -2.33. The fourth-order valence-corrected chi connectivity index (χ4v) is 1.64. The average Bonchev–Trinajstić information content (AvgIpc) is 2.71. The predicted molar refractivity (Wildman–Crippen MR) is 63.8 cm³/mol. The number of hydrogen-bond donors (Lipinski definition) is 2. The molecule has 0 radical (unpaired) electrons. The first kappa shape index (κ1) is 13.6. The van der Waals surface area contributed by atoms with Crippen molar-refractivity contribution in [3.63, 3.8) is 0 Å². The Morgan fingerprint density at radius 3 is 2.71 bits per heavy atom. The first-order valence-corrected chi connectivity index (χ1v) is 5.93. The normalized spacial score (nSPS) is 15.7. The minimum Gasteiger partial charge on any atom is -0.448 e. The molecule has 1 heterocycles. The molecule has 1 aliphatic rings. The number of carbonyl (C=O) groups excluding carboxylic acids is 2. The van der Waals surface area contributed by atoms with Crippen LogP contribution in [0.5, 0.6) is 0 Å². The van der Waals surface area contributed by atoms with E-state index in [1.54, 1.807) is 4.90 Å². The number of nitrogens with one attached hydrogen (secondary N) is 2. The number of urea groups is 1. The van der Waals surface area contributed by atoms with Crippen molar-refractivity contribution in [3.8, 4) is 0 Å². The molecule has 1 rings (SSSR count). The SMILES string of the molecule is CCCNC(=O)NCC(C)(C)N1CCOC1=O. The van der Waals surface area contributed by atoms with Crippen molar-refractivity contribution < 1.29 is 14.3 Å². The lowest BCUT2D eigenvalue weighted by molar-refractivity contribution is 0.125. The predicted octanol–water partition coefficient (Wildman–Crippen LogP) is 0.926. The molecule has 0 aromatic carbocycles. The Balaban J connectivity index is 2.38. The van der Waals surface area contributed by atoms with Crippen LogP contribution in [-0.4, -0.2) is 48.8 Å². The zero-order valence-corrected chi connectivity index (χ0v) is 10.7. The van der Waals surface area contributed by atoms with Crippen LogP contribution >= 0.6 is 0 Å². The van der Waals surface area contributed by atoms with E-state index in [1.165, 1.54) is 0 Å². The van der Waals surface area contributed by atoms with E-state index in [9.17, 15) is 9.59 Å². The van der Waals surface area contributed by atoms with Crippen LogP contribution in [0.1, 0.15) is 27.2 Å². The fourth-order valence-electron chi connectivity index (χ4n) is 1.64. The summed E-state index contributed by atoms with van der Waals surface area (Å²) in [6, 6.07) is -0.201. The summed E-state index contributed by atoms with van der Waals surface area (Å²) in [5.41, 5.74) is -0.433. The van der Waals surface area contributed by atoms with Gasteiger partial charge in [0.1, 0.15) is 6.61 Å². The third kappa shape index (κ3) is 3.80. The standard InChI is InChI=1S/C11H21N3O3/c1-4-5-12-9(15)13-8-11(2,3)14-6-7-17-10(14)16/h4-8H2,1-3H3,(H2,12,13,15). The van der Waals surface area contributed by atoms with Crippen molar-refractivity contribution in [2.45, 2.75) is 32.7 Å². The highest BCUT2D eigenvalue weighted by Crippen LogP contribution is 2.18. The first-order valence-electron chi connectivity index (χ1n) is 5.93. The highest BCUT2D eigenvalue weighted by Gasteiger charge is 2.35. The second kappa shape index (κ2) is 5.75. The van der Waals surface area contributed by atoms with E-state index < -0.39 is 5.54 Å². The number of rotatable bonds is 5. The topological polar surface area (TPSA) is 70.7 Å². The minimum absolute atomic E-state index is 0.201. The molecule has 2 N–H and O–H groups in total. The maximum Gasteiger partial charge on any atom is 0.410 e. The van der Waals surface area contributed by atoms with E-state index in [2.05, 4.69) is 10.6 Å². The largest absolute Gasteiger partial charge is 0.448 e. The first-order chi connectivity index (χ1) is 7.97.